The van der Waals surface area contributed by atoms with Crippen LogP contribution in [-0.2, 0) is 6.61 Å². The number of rotatable bonds is 7. The Kier molecular flexibility index (Phi) is 6.09. The molecule has 1 aromatic heterocycles. The molecule has 0 aliphatic carbocycles. The molecule has 0 amide bonds. The molecule has 3 rings (SSSR count). The highest BCUT2D eigenvalue weighted by Crippen LogP contribution is 2.28. The summed E-state index contributed by atoms with van der Waals surface area (Å²) in [6.07, 6.45) is 1.71. The molecule has 7 heteroatoms. The van der Waals surface area contributed by atoms with Crippen LogP contribution in [0.15, 0.2) is 52.9 Å². The largest absolute Gasteiger partial charge is 0.493 e. The Bertz CT molecular complexity index is 894. The molecule has 0 atom stereocenters. The zero-order valence-electron chi connectivity index (χ0n) is 14.4. The van der Waals surface area contributed by atoms with Crippen LogP contribution in [0.5, 0.6) is 11.5 Å². The van der Waals surface area contributed by atoms with Gasteiger partial charge in [-0.25, -0.2) is 4.98 Å². The summed E-state index contributed by atoms with van der Waals surface area (Å²) >= 11 is 7.41. The van der Waals surface area contributed by atoms with E-state index in [1.54, 1.807) is 13.3 Å². The van der Waals surface area contributed by atoms with E-state index in [4.69, 9.17) is 21.1 Å². The molecule has 0 bridgehead atoms. The third-order valence-electron chi connectivity index (χ3n) is 3.49. The van der Waals surface area contributed by atoms with E-state index in [2.05, 4.69) is 15.5 Å². The lowest BCUT2D eigenvalue weighted by molar-refractivity contribution is 0.284. The maximum absolute atomic E-state index is 5.89. The second kappa shape index (κ2) is 8.69. The van der Waals surface area contributed by atoms with Crippen LogP contribution in [0.3, 0.4) is 0 Å². The molecule has 0 aliphatic rings. The van der Waals surface area contributed by atoms with Gasteiger partial charge < -0.3 is 9.47 Å². The van der Waals surface area contributed by atoms with Crippen molar-refractivity contribution in [2.45, 2.75) is 13.5 Å². The third kappa shape index (κ3) is 4.97. The Labute approximate surface area is 161 Å². The van der Waals surface area contributed by atoms with Gasteiger partial charge in [-0.3, -0.25) is 5.43 Å². The minimum absolute atomic E-state index is 0.436. The predicted octanol–water partition coefficient (Wildman–Crippen LogP) is 5.14. The Morgan fingerprint density at radius 2 is 2.00 bits per heavy atom. The van der Waals surface area contributed by atoms with Crippen LogP contribution in [0.2, 0.25) is 5.02 Å². The number of nitrogens with one attached hydrogen (secondary N) is 1. The fourth-order valence-corrected chi connectivity index (χ4v) is 2.96. The number of aryl methyl sites for hydroxylation is 1. The molecular weight excluding hydrogens is 370 g/mol. The summed E-state index contributed by atoms with van der Waals surface area (Å²) in [5.74, 6) is 1.32. The van der Waals surface area contributed by atoms with Gasteiger partial charge in [0.15, 0.2) is 11.5 Å². The minimum Gasteiger partial charge on any atom is -0.493 e. The number of nitrogens with zero attached hydrogens (tertiary/aromatic N) is 2. The molecule has 26 heavy (non-hydrogen) atoms. The fourth-order valence-electron chi connectivity index (χ4n) is 2.19. The van der Waals surface area contributed by atoms with Crippen molar-refractivity contribution in [2.24, 2.45) is 5.10 Å². The van der Waals surface area contributed by atoms with Crippen molar-refractivity contribution in [3.8, 4) is 11.5 Å². The van der Waals surface area contributed by atoms with Crippen LogP contribution in [0, 0.1) is 6.92 Å². The van der Waals surface area contributed by atoms with Gasteiger partial charge in [0.25, 0.3) is 0 Å². The SMILES string of the molecule is COc1cc(/C=N\Nc2nc(C)cs2)ccc1OCc1ccc(Cl)cc1. The first-order valence-corrected chi connectivity index (χ1v) is 9.16. The smallest absolute Gasteiger partial charge is 0.203 e. The van der Waals surface area contributed by atoms with Gasteiger partial charge in [-0.05, 0) is 48.4 Å². The number of benzene rings is 2. The van der Waals surface area contributed by atoms with Crippen LogP contribution in [0.4, 0.5) is 5.13 Å². The second-order valence-corrected chi connectivity index (χ2v) is 6.78. The number of aromatic nitrogens is 1. The molecule has 1 N–H and O–H groups in total. The maximum Gasteiger partial charge on any atom is 0.203 e. The molecule has 3 aromatic rings. The topological polar surface area (TPSA) is 55.7 Å². The number of ether oxygens (including phenoxy) is 2. The number of halogens is 1. The summed E-state index contributed by atoms with van der Waals surface area (Å²) in [6, 6.07) is 13.2. The normalized spacial score (nSPS) is 10.9. The van der Waals surface area contributed by atoms with Gasteiger partial charge >= 0.3 is 0 Å². The van der Waals surface area contributed by atoms with Crippen molar-refractivity contribution >= 4 is 34.3 Å². The summed E-state index contributed by atoms with van der Waals surface area (Å²) in [4.78, 5) is 4.29. The van der Waals surface area contributed by atoms with E-state index in [9.17, 15) is 0 Å². The molecular formula is C19H18ClN3O2S. The average molecular weight is 388 g/mol. The summed E-state index contributed by atoms with van der Waals surface area (Å²) < 4.78 is 11.3. The number of thiazole rings is 1. The van der Waals surface area contributed by atoms with Crippen molar-refractivity contribution in [2.75, 3.05) is 12.5 Å². The molecule has 0 saturated carbocycles. The molecule has 0 fully saturated rings. The van der Waals surface area contributed by atoms with Crippen molar-refractivity contribution in [1.82, 2.24) is 4.98 Å². The van der Waals surface area contributed by atoms with E-state index in [0.717, 1.165) is 22.0 Å². The first kappa shape index (κ1) is 18.2. The van der Waals surface area contributed by atoms with Crippen molar-refractivity contribution in [1.29, 1.82) is 0 Å². The first-order valence-electron chi connectivity index (χ1n) is 7.90. The number of anilines is 1. The van der Waals surface area contributed by atoms with Gasteiger partial charge in [-0.1, -0.05) is 23.7 Å². The first-order chi connectivity index (χ1) is 12.6. The quantitative estimate of drug-likeness (QED) is 0.450. The molecule has 5 nitrogen and oxygen atoms in total. The summed E-state index contributed by atoms with van der Waals surface area (Å²) in [5.41, 5.74) is 5.80. The Morgan fingerprint density at radius 1 is 1.19 bits per heavy atom. The van der Waals surface area contributed by atoms with E-state index in [1.165, 1.54) is 11.3 Å². The number of methoxy groups -OCH3 is 1. The lowest BCUT2D eigenvalue weighted by Gasteiger charge is -2.11. The molecule has 134 valence electrons. The average Bonchev–Trinajstić information content (AvgIpc) is 3.07. The Hall–Kier alpha value is -2.57. The van der Waals surface area contributed by atoms with E-state index in [0.29, 0.717) is 23.1 Å². The highest BCUT2D eigenvalue weighted by Gasteiger charge is 2.06. The van der Waals surface area contributed by atoms with Crippen molar-refractivity contribution < 1.29 is 9.47 Å². The van der Waals surface area contributed by atoms with Gasteiger partial charge in [0.2, 0.25) is 5.13 Å². The van der Waals surface area contributed by atoms with E-state index in [1.807, 2.05) is 54.8 Å². The minimum atomic E-state index is 0.436. The van der Waals surface area contributed by atoms with Crippen LogP contribution >= 0.6 is 22.9 Å². The molecule has 0 saturated heterocycles. The second-order valence-electron chi connectivity index (χ2n) is 5.49. The molecule has 2 aromatic carbocycles. The Morgan fingerprint density at radius 3 is 2.69 bits per heavy atom. The van der Waals surface area contributed by atoms with Gasteiger partial charge in [-0.2, -0.15) is 5.10 Å². The number of hydrogen-bond acceptors (Lipinski definition) is 6. The summed E-state index contributed by atoms with van der Waals surface area (Å²) in [6.45, 7) is 2.38. The van der Waals surface area contributed by atoms with Gasteiger partial charge in [-0.15, -0.1) is 11.3 Å². The highest BCUT2D eigenvalue weighted by atomic mass is 35.5. The lowest BCUT2D eigenvalue weighted by atomic mass is 10.2. The van der Waals surface area contributed by atoms with Crippen molar-refractivity contribution in [3.05, 3.63) is 69.7 Å². The summed E-state index contributed by atoms with van der Waals surface area (Å²) in [5, 5.41) is 7.63. The van der Waals surface area contributed by atoms with Crippen LogP contribution in [0.1, 0.15) is 16.8 Å². The number of hydrogen-bond donors (Lipinski definition) is 1. The van der Waals surface area contributed by atoms with Gasteiger partial charge in [0.1, 0.15) is 6.61 Å². The monoisotopic (exact) mass is 387 g/mol. The van der Waals surface area contributed by atoms with Crippen LogP contribution < -0.4 is 14.9 Å². The van der Waals surface area contributed by atoms with E-state index >= 15 is 0 Å². The third-order valence-corrected chi connectivity index (χ3v) is 4.60. The van der Waals surface area contributed by atoms with Crippen molar-refractivity contribution in [3.63, 3.8) is 0 Å². The number of hydrazone groups is 1. The molecule has 0 aliphatic heterocycles. The zero-order chi connectivity index (χ0) is 18.4. The van der Waals surface area contributed by atoms with Gasteiger partial charge in [0.05, 0.1) is 19.0 Å². The standard InChI is InChI=1S/C19H18ClN3O2S/c1-13-12-26-19(22-13)23-21-10-15-5-8-17(18(9-15)24-2)25-11-14-3-6-16(20)7-4-14/h3-10,12H,11H2,1-2H3,(H,22,23)/b21-10-. The molecule has 0 unspecified atom stereocenters. The van der Waals surface area contributed by atoms with E-state index in [-0.39, 0.29) is 0 Å². The fraction of sp³-hybridized carbons (Fsp3) is 0.158. The Balaban J connectivity index is 1.63. The van der Waals surface area contributed by atoms with E-state index < -0.39 is 0 Å². The molecule has 0 spiro atoms. The summed E-state index contributed by atoms with van der Waals surface area (Å²) in [7, 11) is 1.61. The zero-order valence-corrected chi connectivity index (χ0v) is 16.0. The molecule has 1 heterocycles. The van der Waals surface area contributed by atoms with Crippen LogP contribution in [-0.4, -0.2) is 18.3 Å². The molecule has 0 radical (unpaired) electrons. The highest BCUT2D eigenvalue weighted by molar-refractivity contribution is 7.13. The maximum atomic E-state index is 5.89. The van der Waals surface area contributed by atoms with Crippen LogP contribution in [0.25, 0.3) is 0 Å². The lowest BCUT2D eigenvalue weighted by Crippen LogP contribution is -1.98. The van der Waals surface area contributed by atoms with Gasteiger partial charge in [0, 0.05) is 10.4 Å². The predicted molar refractivity (Wildman–Crippen MR) is 107 cm³/mol.